The molecule has 27 valence electrons. The van der Waals surface area contributed by atoms with E-state index in [4.69, 9.17) is 0 Å². The zero-order chi connectivity index (χ0) is 3.54. The molecular formula is C3H4N2Na. The van der Waals surface area contributed by atoms with Crippen LogP contribution in [0.25, 0.3) is 0 Å². The third-order valence-corrected chi connectivity index (χ3v) is 0.362. The third-order valence-electron chi connectivity index (χ3n) is 0.362. The largest absolute Gasteiger partial charge is 0.285 e. The van der Waals surface area contributed by atoms with Gasteiger partial charge >= 0.3 is 29.6 Å². The fourth-order valence-electron chi connectivity index (χ4n) is 0.186. The minimum Gasteiger partial charge on any atom is -0.285 e. The Labute approximate surface area is 58.2 Å². The number of rotatable bonds is 0. The van der Waals surface area contributed by atoms with Crippen molar-refractivity contribution < 1.29 is 0 Å². The molecule has 0 aliphatic heterocycles. The summed E-state index contributed by atoms with van der Waals surface area (Å²) in [7, 11) is 0. The summed E-state index contributed by atoms with van der Waals surface area (Å²) in [5.41, 5.74) is 0. The normalized spacial score (nSPS) is 6.67. The SMILES string of the molecule is [NaH].[c]1cc[nH]n1. The second kappa shape index (κ2) is 3.40. The Hall–Kier alpha value is 0.210. The average molecular weight is 91.1 g/mol. The Morgan fingerprint density at radius 1 is 1.67 bits per heavy atom. The van der Waals surface area contributed by atoms with Gasteiger partial charge in [0, 0.05) is 6.20 Å². The van der Waals surface area contributed by atoms with Crippen LogP contribution in [0.15, 0.2) is 12.3 Å². The van der Waals surface area contributed by atoms with E-state index < -0.39 is 0 Å². The number of hydrogen-bond donors (Lipinski definition) is 1. The minimum atomic E-state index is 0. The number of aromatic nitrogens is 2. The molecule has 1 radical (unpaired) electrons. The molecule has 0 aliphatic rings. The van der Waals surface area contributed by atoms with Gasteiger partial charge in [-0.2, -0.15) is 5.10 Å². The molecule has 3 heteroatoms. The van der Waals surface area contributed by atoms with Crippen LogP contribution in [0.2, 0.25) is 0 Å². The van der Waals surface area contributed by atoms with Gasteiger partial charge in [-0.05, 0) is 6.07 Å². The first kappa shape index (κ1) is 6.21. The molecule has 0 saturated carbocycles. The van der Waals surface area contributed by atoms with Crippen LogP contribution in [-0.4, -0.2) is 39.8 Å². The van der Waals surface area contributed by atoms with Gasteiger partial charge in [0.2, 0.25) is 0 Å². The summed E-state index contributed by atoms with van der Waals surface area (Å²) in [6.07, 6.45) is 4.26. The van der Waals surface area contributed by atoms with E-state index in [0.29, 0.717) is 0 Å². The van der Waals surface area contributed by atoms with Crippen molar-refractivity contribution in [1.29, 1.82) is 0 Å². The topological polar surface area (TPSA) is 28.7 Å². The number of nitrogens with zero attached hydrogens (tertiary/aromatic N) is 1. The van der Waals surface area contributed by atoms with Crippen LogP contribution in [0, 0.1) is 6.20 Å². The molecule has 1 aromatic heterocycles. The van der Waals surface area contributed by atoms with Crippen LogP contribution in [0.3, 0.4) is 0 Å². The van der Waals surface area contributed by atoms with Crippen LogP contribution in [-0.2, 0) is 0 Å². The number of H-pyrrole nitrogens is 1. The molecule has 1 N–H and O–H groups in total. The molecule has 0 bridgehead atoms. The Balaban J connectivity index is 0.000000250. The van der Waals surface area contributed by atoms with Gasteiger partial charge in [-0.1, -0.05) is 0 Å². The molecule has 0 unspecified atom stereocenters. The molecule has 0 aromatic carbocycles. The first-order valence-electron chi connectivity index (χ1n) is 1.36. The number of nitrogens with one attached hydrogen (secondary N) is 1. The Morgan fingerprint density at radius 3 is 2.67 bits per heavy atom. The summed E-state index contributed by atoms with van der Waals surface area (Å²) in [6, 6.07) is 1.71. The van der Waals surface area contributed by atoms with E-state index in [0.717, 1.165) is 0 Å². The molecule has 0 amide bonds. The van der Waals surface area contributed by atoms with Crippen LogP contribution < -0.4 is 0 Å². The van der Waals surface area contributed by atoms with Gasteiger partial charge in [-0.3, -0.25) is 5.10 Å². The van der Waals surface area contributed by atoms with E-state index in [9.17, 15) is 0 Å². The minimum absolute atomic E-state index is 0. The molecule has 0 aliphatic carbocycles. The van der Waals surface area contributed by atoms with E-state index in [1.807, 2.05) is 0 Å². The summed E-state index contributed by atoms with van der Waals surface area (Å²) in [6.45, 7) is 0. The molecule has 6 heavy (non-hydrogen) atoms. The maximum atomic E-state index is 3.47. The van der Waals surface area contributed by atoms with E-state index in [1.54, 1.807) is 12.3 Å². The fourth-order valence-corrected chi connectivity index (χ4v) is 0.186. The summed E-state index contributed by atoms with van der Waals surface area (Å²) >= 11 is 0. The van der Waals surface area contributed by atoms with Crippen LogP contribution in [0.5, 0.6) is 0 Å². The van der Waals surface area contributed by atoms with Crippen molar-refractivity contribution in [3.63, 3.8) is 0 Å². The Morgan fingerprint density at radius 2 is 2.50 bits per heavy atom. The van der Waals surface area contributed by atoms with Crippen LogP contribution in [0.1, 0.15) is 0 Å². The quantitative estimate of drug-likeness (QED) is 0.431. The van der Waals surface area contributed by atoms with Crippen LogP contribution in [0.4, 0.5) is 0 Å². The van der Waals surface area contributed by atoms with E-state index in [1.165, 1.54) is 0 Å². The van der Waals surface area contributed by atoms with Gasteiger partial charge in [0.1, 0.15) is 6.20 Å². The maximum absolute atomic E-state index is 3.47. The van der Waals surface area contributed by atoms with Crippen molar-refractivity contribution >= 4 is 29.6 Å². The monoisotopic (exact) mass is 91.0 g/mol. The predicted octanol–water partition coefficient (Wildman–Crippen LogP) is -0.439. The summed E-state index contributed by atoms with van der Waals surface area (Å²) < 4.78 is 0. The summed E-state index contributed by atoms with van der Waals surface area (Å²) in [4.78, 5) is 0. The standard InChI is InChI=1S/C3H3N2.Na.H/c1-2-4-5-3-1;;/h1-2H,(H,4,5);;. The molecule has 1 rings (SSSR count). The van der Waals surface area contributed by atoms with Gasteiger partial charge in [0.15, 0.2) is 0 Å². The fraction of sp³-hybridized carbons (Fsp3) is 0. The number of aromatic amines is 1. The van der Waals surface area contributed by atoms with Gasteiger partial charge in [0.25, 0.3) is 0 Å². The van der Waals surface area contributed by atoms with Crippen molar-refractivity contribution in [2.45, 2.75) is 0 Å². The predicted molar refractivity (Wildman–Crippen MR) is 24.6 cm³/mol. The molecule has 0 saturated heterocycles. The van der Waals surface area contributed by atoms with Gasteiger partial charge < -0.3 is 0 Å². The Bertz CT molecular complexity index is 65.3. The molecule has 0 fully saturated rings. The van der Waals surface area contributed by atoms with E-state index in [2.05, 4.69) is 16.4 Å². The molecule has 2 nitrogen and oxygen atoms in total. The second-order valence-electron chi connectivity index (χ2n) is 0.703. The van der Waals surface area contributed by atoms with Crippen molar-refractivity contribution in [3.8, 4) is 0 Å². The number of hydrogen-bond acceptors (Lipinski definition) is 1. The summed E-state index contributed by atoms with van der Waals surface area (Å²) in [5.74, 6) is 0. The zero-order valence-corrected chi connectivity index (χ0v) is 2.60. The molecule has 1 aromatic rings. The van der Waals surface area contributed by atoms with E-state index in [-0.39, 0.29) is 29.6 Å². The first-order valence-corrected chi connectivity index (χ1v) is 1.36. The molecule has 0 spiro atoms. The average Bonchev–Trinajstić information content (AvgIpc) is 1.76. The van der Waals surface area contributed by atoms with Crippen molar-refractivity contribution in [2.24, 2.45) is 0 Å². The first-order chi connectivity index (χ1) is 2.50. The van der Waals surface area contributed by atoms with Gasteiger partial charge in [0.05, 0.1) is 0 Å². The second-order valence-corrected chi connectivity index (χ2v) is 0.703. The van der Waals surface area contributed by atoms with Crippen molar-refractivity contribution in [1.82, 2.24) is 10.2 Å². The third kappa shape index (κ3) is 1.60. The Kier molecular flexibility index (Phi) is 3.52. The van der Waals surface area contributed by atoms with Crippen molar-refractivity contribution in [3.05, 3.63) is 18.5 Å². The zero-order valence-electron chi connectivity index (χ0n) is 2.60. The van der Waals surface area contributed by atoms with Gasteiger partial charge in [-0.25, -0.2) is 0 Å². The van der Waals surface area contributed by atoms with E-state index >= 15 is 0 Å². The molecule has 0 atom stereocenters. The molecular weight excluding hydrogens is 87.0 g/mol. The van der Waals surface area contributed by atoms with Gasteiger partial charge in [-0.15, -0.1) is 0 Å². The maximum Gasteiger partial charge on any atom is 0.112 e. The molecule has 1 heterocycles. The van der Waals surface area contributed by atoms with Crippen molar-refractivity contribution in [2.75, 3.05) is 0 Å². The van der Waals surface area contributed by atoms with Crippen LogP contribution >= 0.6 is 0 Å². The smallest absolute Gasteiger partial charge is 0.112 e. The summed E-state index contributed by atoms with van der Waals surface area (Å²) in [5, 5.41) is 6.03.